The Bertz CT molecular complexity index is 1550. The van der Waals surface area contributed by atoms with E-state index in [0.717, 1.165) is 47.3 Å². The second-order valence-corrected chi connectivity index (χ2v) is 12.2. The van der Waals surface area contributed by atoms with Gasteiger partial charge in [-0.05, 0) is 96.3 Å². The minimum atomic E-state index is -0.361. The molecule has 1 aliphatic heterocycles. The molecule has 3 aromatic rings. The number of hydrogen-bond donors (Lipinski definition) is 2. The lowest BCUT2D eigenvalue weighted by atomic mass is 9.57. The van der Waals surface area contributed by atoms with Crippen LogP contribution in [0, 0.1) is 11.3 Å². The smallest absolute Gasteiger partial charge is 0.165 e. The number of ether oxygens (including phenoxy) is 5. The Morgan fingerprint density at radius 1 is 0.744 bits per heavy atom. The first-order valence-electron chi connectivity index (χ1n) is 14.6. The zero-order valence-corrected chi connectivity index (χ0v) is 26.1. The molecule has 0 spiro atoms. The van der Waals surface area contributed by atoms with Gasteiger partial charge in [0.05, 0.1) is 40.1 Å². The van der Waals surface area contributed by atoms with Gasteiger partial charge in [-0.3, -0.25) is 0 Å². The van der Waals surface area contributed by atoms with Crippen LogP contribution in [0.5, 0.6) is 34.5 Å². The Labute approximate surface area is 254 Å². The van der Waals surface area contributed by atoms with E-state index in [-0.39, 0.29) is 28.8 Å². The van der Waals surface area contributed by atoms with Crippen LogP contribution in [0.3, 0.4) is 0 Å². The van der Waals surface area contributed by atoms with Crippen molar-refractivity contribution in [2.75, 3.05) is 28.4 Å². The summed E-state index contributed by atoms with van der Waals surface area (Å²) >= 11 is 0. The molecule has 2 aliphatic rings. The van der Waals surface area contributed by atoms with E-state index in [2.05, 4.69) is 26.8 Å². The average molecular weight is 587 g/mol. The van der Waals surface area contributed by atoms with Gasteiger partial charge in [-0.1, -0.05) is 38.1 Å². The molecule has 1 aliphatic carbocycles. The highest BCUT2D eigenvalue weighted by Gasteiger charge is 2.54. The lowest BCUT2D eigenvalue weighted by Gasteiger charge is -2.55. The SMILES string of the molecule is COc1ccc(C=Cc2c(O)cc(C=Cc3cc4c(c(OC)c3)O[C@]3(C)CC[C@@H](O)C(C)(C)[C@H]3C4)cc2OC)cc1OC. The summed E-state index contributed by atoms with van der Waals surface area (Å²) in [6.07, 6.45) is 9.59. The largest absolute Gasteiger partial charge is 0.507 e. The number of hydrogen-bond acceptors (Lipinski definition) is 7. The molecule has 7 heteroatoms. The number of benzene rings is 3. The molecule has 228 valence electrons. The number of phenolic OH excluding ortho intramolecular Hbond substituents is 1. The van der Waals surface area contributed by atoms with Gasteiger partial charge in [-0.25, -0.2) is 0 Å². The number of aliphatic hydroxyl groups excluding tert-OH is 1. The van der Waals surface area contributed by atoms with E-state index in [1.54, 1.807) is 34.5 Å². The maximum absolute atomic E-state index is 10.9. The minimum absolute atomic E-state index is 0.101. The molecule has 0 unspecified atom stereocenters. The van der Waals surface area contributed by atoms with Crippen LogP contribution in [0.15, 0.2) is 42.5 Å². The molecule has 5 rings (SSSR count). The zero-order chi connectivity index (χ0) is 30.9. The molecule has 1 heterocycles. The van der Waals surface area contributed by atoms with Gasteiger partial charge in [-0.2, -0.15) is 0 Å². The molecule has 0 aromatic heterocycles. The van der Waals surface area contributed by atoms with Gasteiger partial charge in [0, 0.05) is 5.92 Å². The molecular formula is C36H42O7. The highest BCUT2D eigenvalue weighted by atomic mass is 16.5. The minimum Gasteiger partial charge on any atom is -0.507 e. The third-order valence-corrected chi connectivity index (χ3v) is 9.22. The van der Waals surface area contributed by atoms with Crippen molar-refractivity contribution in [3.05, 3.63) is 70.3 Å². The number of phenols is 1. The van der Waals surface area contributed by atoms with Crippen LogP contribution in [-0.2, 0) is 6.42 Å². The molecule has 3 atom stereocenters. The Morgan fingerprint density at radius 3 is 2.02 bits per heavy atom. The molecule has 1 saturated carbocycles. The quantitative estimate of drug-likeness (QED) is 0.269. The van der Waals surface area contributed by atoms with Crippen LogP contribution < -0.4 is 23.7 Å². The van der Waals surface area contributed by atoms with Crippen LogP contribution in [0.2, 0.25) is 0 Å². The summed E-state index contributed by atoms with van der Waals surface area (Å²) in [5.41, 5.74) is 3.64. The Morgan fingerprint density at radius 2 is 1.35 bits per heavy atom. The lowest BCUT2D eigenvalue weighted by Crippen LogP contribution is -2.58. The standard InChI is InChI=1S/C36H42O7/c1-35(2)32-21-25-16-23(20-31(42-7)34(25)43-36(32,3)15-14-33(35)38)8-9-24-17-27(37)26(29(19-24)40-5)12-10-22-11-13-28(39-4)30(18-22)41-6/h8-13,16-20,32-33,37-38H,14-15,21H2,1-7H3/t32-,33-,36-/m1/s1. The maximum Gasteiger partial charge on any atom is 0.165 e. The summed E-state index contributed by atoms with van der Waals surface area (Å²) in [5.74, 6) is 3.57. The van der Waals surface area contributed by atoms with Crippen molar-refractivity contribution >= 4 is 24.3 Å². The van der Waals surface area contributed by atoms with Crippen molar-refractivity contribution < 1.29 is 33.9 Å². The third kappa shape index (κ3) is 5.78. The van der Waals surface area contributed by atoms with E-state index in [4.69, 9.17) is 23.7 Å². The first-order valence-corrected chi connectivity index (χ1v) is 14.6. The van der Waals surface area contributed by atoms with Crippen LogP contribution in [0.1, 0.15) is 61.4 Å². The number of aliphatic hydroxyl groups is 1. The highest BCUT2D eigenvalue weighted by molar-refractivity contribution is 5.80. The van der Waals surface area contributed by atoms with Crippen molar-refractivity contribution in [1.29, 1.82) is 0 Å². The van der Waals surface area contributed by atoms with E-state index < -0.39 is 0 Å². The Hall–Kier alpha value is -4.10. The first-order chi connectivity index (χ1) is 20.5. The number of methoxy groups -OCH3 is 4. The van der Waals surface area contributed by atoms with E-state index in [1.165, 1.54) is 0 Å². The predicted molar refractivity (Wildman–Crippen MR) is 170 cm³/mol. The lowest BCUT2D eigenvalue weighted by molar-refractivity contribution is -0.138. The molecule has 0 amide bonds. The van der Waals surface area contributed by atoms with Crippen molar-refractivity contribution in [3.63, 3.8) is 0 Å². The van der Waals surface area contributed by atoms with Gasteiger partial charge in [0.2, 0.25) is 0 Å². The van der Waals surface area contributed by atoms with E-state index in [1.807, 2.05) is 54.6 Å². The van der Waals surface area contributed by atoms with Gasteiger partial charge >= 0.3 is 0 Å². The summed E-state index contributed by atoms with van der Waals surface area (Å²) < 4.78 is 28.8. The van der Waals surface area contributed by atoms with Crippen molar-refractivity contribution in [1.82, 2.24) is 0 Å². The van der Waals surface area contributed by atoms with Crippen molar-refractivity contribution in [2.24, 2.45) is 11.3 Å². The van der Waals surface area contributed by atoms with Crippen molar-refractivity contribution in [2.45, 2.75) is 51.7 Å². The van der Waals surface area contributed by atoms with Gasteiger partial charge in [0.25, 0.3) is 0 Å². The second-order valence-electron chi connectivity index (χ2n) is 12.2. The molecule has 1 fully saturated rings. The predicted octanol–water partition coefficient (Wildman–Crippen LogP) is 7.26. The van der Waals surface area contributed by atoms with E-state index in [0.29, 0.717) is 28.6 Å². The van der Waals surface area contributed by atoms with E-state index in [9.17, 15) is 10.2 Å². The molecule has 0 bridgehead atoms. The van der Waals surface area contributed by atoms with Gasteiger partial charge in [0.1, 0.15) is 17.1 Å². The second kappa shape index (κ2) is 11.9. The number of aromatic hydroxyl groups is 1. The van der Waals surface area contributed by atoms with Crippen LogP contribution >= 0.6 is 0 Å². The van der Waals surface area contributed by atoms with Gasteiger partial charge < -0.3 is 33.9 Å². The van der Waals surface area contributed by atoms with Crippen molar-refractivity contribution in [3.8, 4) is 34.5 Å². The van der Waals surface area contributed by atoms with Crippen LogP contribution in [0.25, 0.3) is 24.3 Å². The van der Waals surface area contributed by atoms with Gasteiger partial charge in [-0.15, -0.1) is 0 Å². The number of rotatable bonds is 8. The Kier molecular flexibility index (Phi) is 8.39. The molecule has 2 N–H and O–H groups in total. The third-order valence-electron chi connectivity index (χ3n) is 9.22. The molecule has 0 saturated heterocycles. The Balaban J connectivity index is 1.42. The summed E-state index contributed by atoms with van der Waals surface area (Å²) in [5, 5.41) is 21.7. The summed E-state index contributed by atoms with van der Waals surface area (Å²) in [6.45, 7) is 6.44. The zero-order valence-electron chi connectivity index (χ0n) is 26.1. The molecule has 7 nitrogen and oxygen atoms in total. The summed E-state index contributed by atoms with van der Waals surface area (Å²) in [4.78, 5) is 0. The highest BCUT2D eigenvalue weighted by Crippen LogP contribution is 2.55. The molecular weight excluding hydrogens is 544 g/mol. The monoisotopic (exact) mass is 586 g/mol. The molecule has 0 radical (unpaired) electrons. The maximum atomic E-state index is 10.9. The number of fused-ring (bicyclic) bond motifs is 2. The molecule has 3 aromatic carbocycles. The summed E-state index contributed by atoms with van der Waals surface area (Å²) in [7, 11) is 6.44. The fourth-order valence-corrected chi connectivity index (χ4v) is 6.64. The fourth-order valence-electron chi connectivity index (χ4n) is 6.64. The van der Waals surface area contributed by atoms with Crippen LogP contribution in [0.4, 0.5) is 0 Å². The summed E-state index contributed by atoms with van der Waals surface area (Å²) in [6, 6.07) is 13.3. The van der Waals surface area contributed by atoms with Crippen LogP contribution in [-0.4, -0.2) is 50.4 Å². The topological polar surface area (TPSA) is 86.6 Å². The van der Waals surface area contributed by atoms with Gasteiger partial charge in [0.15, 0.2) is 23.0 Å². The van der Waals surface area contributed by atoms with E-state index >= 15 is 0 Å². The fraction of sp³-hybridized carbons (Fsp3) is 0.389. The molecule has 43 heavy (non-hydrogen) atoms. The average Bonchev–Trinajstić information content (AvgIpc) is 3.00. The first kappa shape index (κ1) is 30.4. The normalized spacial score (nSPS) is 22.5.